The van der Waals surface area contributed by atoms with Crippen LogP contribution in [-0.2, 0) is 9.59 Å². The maximum atomic E-state index is 11.3. The van der Waals surface area contributed by atoms with E-state index >= 15 is 0 Å². The predicted octanol–water partition coefficient (Wildman–Crippen LogP) is 6.46. The number of nitrogens with one attached hydrogen (secondary N) is 1. The molecule has 218 valence electrons. The molecule has 4 N–H and O–H groups in total. The summed E-state index contributed by atoms with van der Waals surface area (Å²) in [6, 6.07) is 4.05. The van der Waals surface area contributed by atoms with Crippen molar-refractivity contribution in [2.75, 3.05) is 6.61 Å². The Labute approximate surface area is 236 Å². The van der Waals surface area contributed by atoms with E-state index < -0.39 is 40.4 Å². The Kier molecular flexibility index (Phi) is 21.8. The Morgan fingerprint density at radius 3 is 1.71 bits per heavy atom. The first-order chi connectivity index (χ1) is 18.1. The van der Waals surface area contributed by atoms with E-state index in [-0.39, 0.29) is 5.69 Å². The zero-order valence-corrected chi connectivity index (χ0v) is 23.8. The zero-order valence-electron chi connectivity index (χ0n) is 22.3. The fourth-order valence-corrected chi connectivity index (χ4v) is 3.92. The maximum Gasteiger partial charge on any atom is 0.303 e. The van der Waals surface area contributed by atoms with Crippen LogP contribution in [0.3, 0.4) is 0 Å². The number of amides is 1. The van der Waals surface area contributed by atoms with Gasteiger partial charge >= 0.3 is 5.97 Å². The van der Waals surface area contributed by atoms with Gasteiger partial charge in [-0.05, 0) is 24.1 Å². The second-order valence-electron chi connectivity index (χ2n) is 9.28. The maximum absolute atomic E-state index is 11.3. The van der Waals surface area contributed by atoms with E-state index in [2.05, 4.69) is 12.2 Å². The minimum absolute atomic E-state index is 0.132. The largest absolute Gasteiger partial charge is 0.481 e. The van der Waals surface area contributed by atoms with E-state index in [0.717, 1.165) is 12.8 Å². The van der Waals surface area contributed by atoms with Crippen molar-refractivity contribution in [1.82, 2.24) is 5.32 Å². The number of carbonyl (C=O) groups excluding carboxylic acids is 1. The first-order valence-electron chi connectivity index (χ1n) is 13.5. The minimum atomic E-state index is -1.33. The molecule has 0 aromatic heterocycles. The van der Waals surface area contributed by atoms with Crippen LogP contribution in [0.2, 0.25) is 0 Å². The molecule has 0 aliphatic rings. The molecule has 38 heavy (non-hydrogen) atoms. The molecule has 1 amide bonds. The summed E-state index contributed by atoms with van der Waals surface area (Å²) in [6.45, 7) is 1.71. The summed E-state index contributed by atoms with van der Waals surface area (Å²) in [4.78, 5) is 30.2. The van der Waals surface area contributed by atoms with Crippen molar-refractivity contribution in [3.8, 4) is 0 Å². The lowest BCUT2D eigenvalue weighted by Gasteiger charge is -2.22. The fourth-order valence-electron chi connectivity index (χ4n) is 3.79. The van der Waals surface area contributed by atoms with Gasteiger partial charge in [0.25, 0.3) is 11.6 Å². The number of nitro groups is 1. The monoisotopic (exact) mass is 578 g/mol. The summed E-state index contributed by atoms with van der Waals surface area (Å²) in [6.07, 6.45) is 16.0. The van der Waals surface area contributed by atoms with E-state index in [9.17, 15) is 24.8 Å². The number of non-ortho nitro benzene ring substituents is 1. The van der Waals surface area contributed by atoms with Crippen LogP contribution in [0.1, 0.15) is 108 Å². The number of halogens is 2. The fraction of sp³-hybridized carbons (Fsp3) is 0.704. The Morgan fingerprint density at radius 2 is 1.34 bits per heavy atom. The topological polar surface area (TPSA) is 150 Å². The quantitative estimate of drug-likeness (QED) is 0.0599. The van der Waals surface area contributed by atoms with Crippen LogP contribution in [0.5, 0.6) is 0 Å². The molecule has 9 nitrogen and oxygen atoms in total. The molecule has 1 aromatic carbocycles. The van der Waals surface area contributed by atoms with E-state index in [1.165, 1.54) is 94.9 Å². The number of alkyl halides is 2. The van der Waals surface area contributed by atoms with Crippen LogP contribution in [0.4, 0.5) is 5.69 Å². The molecule has 0 bridgehead atoms. The number of benzene rings is 1. The molecule has 1 aromatic rings. The lowest BCUT2D eigenvalue weighted by molar-refractivity contribution is -0.384. The normalized spacial score (nSPS) is 12.4. The van der Waals surface area contributed by atoms with E-state index in [1.54, 1.807) is 0 Å². The van der Waals surface area contributed by atoms with Crippen LogP contribution in [0.25, 0.3) is 0 Å². The van der Waals surface area contributed by atoms with Crippen LogP contribution < -0.4 is 5.32 Å². The van der Waals surface area contributed by atoms with Crippen LogP contribution in [0.15, 0.2) is 24.3 Å². The molecule has 0 spiro atoms. The van der Waals surface area contributed by atoms with Gasteiger partial charge in [0.05, 0.1) is 17.6 Å². The summed E-state index contributed by atoms with van der Waals surface area (Å²) < 4.78 is 0. The standard InChI is InChI=1S/C16H32O2.C11H12Cl2N2O5/c1-2-3-4-5-6-7-8-9-10-11-12-13-14-15-16(17)18;12-10(13)11(18)14-8(5-16)9(17)6-1-3-7(4-2-6)15(19)20/h2-15H2,1H3,(H,17,18);1-4,8-10,16-17H,5H2,(H,14,18). The lowest BCUT2D eigenvalue weighted by Crippen LogP contribution is -2.44. The highest BCUT2D eigenvalue weighted by Crippen LogP contribution is 2.21. The van der Waals surface area contributed by atoms with Crippen LogP contribution >= 0.6 is 23.2 Å². The summed E-state index contributed by atoms with van der Waals surface area (Å²) >= 11 is 10.7. The van der Waals surface area contributed by atoms with Gasteiger partial charge in [-0.1, -0.05) is 107 Å². The SMILES string of the molecule is CCCCCCCCCCCCCCCC(=O)O.O=C(NC(CO)C(O)c1ccc([N+](=O)[O-])cc1)C(Cl)Cl. The summed E-state index contributed by atoms with van der Waals surface area (Å²) in [5.41, 5.74) is 0.169. The number of rotatable bonds is 20. The first-order valence-corrected chi connectivity index (χ1v) is 14.3. The van der Waals surface area contributed by atoms with Gasteiger partial charge in [0.1, 0.15) is 6.10 Å². The Bertz CT molecular complexity index is 779. The number of aliphatic carboxylic acids is 1. The molecule has 0 radical (unpaired) electrons. The number of aliphatic hydroxyl groups excluding tert-OH is 2. The molecule has 0 fully saturated rings. The number of aliphatic hydroxyl groups is 2. The number of hydrogen-bond acceptors (Lipinski definition) is 6. The van der Waals surface area contributed by atoms with Crippen LogP contribution in [0, 0.1) is 10.1 Å². The molecular formula is C27H44Cl2N2O7. The third-order valence-corrected chi connectivity index (χ3v) is 6.44. The zero-order chi connectivity index (χ0) is 28.8. The number of hydrogen-bond donors (Lipinski definition) is 4. The van der Waals surface area contributed by atoms with Crippen molar-refractivity contribution in [2.45, 2.75) is 114 Å². The smallest absolute Gasteiger partial charge is 0.303 e. The van der Waals surface area contributed by atoms with Gasteiger partial charge in [0.2, 0.25) is 0 Å². The molecule has 2 atom stereocenters. The van der Waals surface area contributed by atoms with Gasteiger partial charge in [-0.25, -0.2) is 0 Å². The molecule has 0 aliphatic heterocycles. The van der Waals surface area contributed by atoms with Crippen molar-refractivity contribution in [1.29, 1.82) is 0 Å². The molecule has 2 unspecified atom stereocenters. The van der Waals surface area contributed by atoms with Gasteiger partial charge in [-0.15, -0.1) is 0 Å². The van der Waals surface area contributed by atoms with E-state index in [0.29, 0.717) is 12.0 Å². The molecular weight excluding hydrogens is 535 g/mol. The van der Waals surface area contributed by atoms with Gasteiger partial charge in [-0.2, -0.15) is 0 Å². The Morgan fingerprint density at radius 1 is 0.895 bits per heavy atom. The number of carboxylic acids is 1. The molecule has 1 rings (SSSR count). The van der Waals surface area contributed by atoms with Crippen molar-refractivity contribution in [3.05, 3.63) is 39.9 Å². The van der Waals surface area contributed by atoms with Crippen molar-refractivity contribution in [2.24, 2.45) is 0 Å². The average molecular weight is 580 g/mol. The highest BCUT2D eigenvalue weighted by Gasteiger charge is 2.24. The van der Waals surface area contributed by atoms with Crippen LogP contribution in [-0.4, -0.2) is 49.6 Å². The molecule has 0 aliphatic carbocycles. The van der Waals surface area contributed by atoms with Crippen molar-refractivity contribution < 1.29 is 29.8 Å². The van der Waals surface area contributed by atoms with E-state index in [4.69, 9.17) is 33.4 Å². The lowest BCUT2D eigenvalue weighted by atomic mass is 10.0. The summed E-state index contributed by atoms with van der Waals surface area (Å²) in [5.74, 6) is -1.41. The molecule has 0 heterocycles. The van der Waals surface area contributed by atoms with Gasteiger partial charge in [0.15, 0.2) is 4.84 Å². The van der Waals surface area contributed by atoms with E-state index in [1.807, 2.05) is 0 Å². The number of nitrogens with zero attached hydrogens (tertiary/aromatic N) is 1. The number of nitro benzene ring substituents is 1. The number of carbonyl (C=O) groups is 2. The second kappa shape index (κ2) is 23.0. The summed E-state index contributed by atoms with van der Waals surface area (Å²) in [7, 11) is 0. The highest BCUT2D eigenvalue weighted by atomic mass is 35.5. The van der Waals surface area contributed by atoms with Gasteiger partial charge < -0.3 is 20.6 Å². The van der Waals surface area contributed by atoms with Gasteiger partial charge in [0, 0.05) is 18.6 Å². The highest BCUT2D eigenvalue weighted by molar-refractivity contribution is 6.53. The average Bonchev–Trinajstić information content (AvgIpc) is 2.89. The summed E-state index contributed by atoms with van der Waals surface area (Å²) in [5, 5.41) is 40.4. The van der Waals surface area contributed by atoms with Crippen molar-refractivity contribution >= 4 is 40.8 Å². The number of unbranched alkanes of at least 4 members (excludes halogenated alkanes) is 12. The third kappa shape index (κ3) is 18.3. The van der Waals surface area contributed by atoms with Gasteiger partial charge in [-0.3, -0.25) is 19.7 Å². The minimum Gasteiger partial charge on any atom is -0.481 e. The molecule has 0 saturated heterocycles. The Hall–Kier alpha value is -1.94. The van der Waals surface area contributed by atoms with Crippen molar-refractivity contribution in [3.63, 3.8) is 0 Å². The molecule has 11 heteroatoms. The second-order valence-corrected chi connectivity index (χ2v) is 10.4. The number of carboxylic acid groups (broad SMARTS) is 1. The Balaban J connectivity index is 0.000000726. The third-order valence-electron chi connectivity index (χ3n) is 6.04. The first kappa shape index (κ1) is 36.1. The molecule has 0 saturated carbocycles. The predicted molar refractivity (Wildman–Crippen MR) is 151 cm³/mol.